The molecule has 0 saturated carbocycles. The lowest BCUT2D eigenvalue weighted by atomic mass is 9.96. The van der Waals surface area contributed by atoms with Crippen molar-refractivity contribution in [3.63, 3.8) is 0 Å². The molecule has 20 heavy (non-hydrogen) atoms. The maximum Gasteiger partial charge on any atom is 0.285 e. The molecule has 0 aromatic heterocycles. The van der Waals surface area contributed by atoms with E-state index < -0.39 is 0 Å². The van der Waals surface area contributed by atoms with Crippen molar-refractivity contribution < 1.29 is 4.92 Å². The number of halogens is 1. The van der Waals surface area contributed by atoms with Gasteiger partial charge in [0.25, 0.3) is 5.69 Å². The predicted octanol–water partition coefficient (Wildman–Crippen LogP) is 3.08. The highest BCUT2D eigenvalue weighted by molar-refractivity contribution is 9.10. The molecule has 2 bridgehead atoms. The van der Waals surface area contributed by atoms with Crippen molar-refractivity contribution in [1.29, 1.82) is 0 Å². The molecule has 5 nitrogen and oxygen atoms in total. The van der Waals surface area contributed by atoms with Gasteiger partial charge in [-0.1, -0.05) is 0 Å². The van der Waals surface area contributed by atoms with Gasteiger partial charge in [0.2, 0.25) is 0 Å². The van der Waals surface area contributed by atoms with Crippen LogP contribution in [0.3, 0.4) is 0 Å². The first-order valence-corrected chi connectivity index (χ1v) is 7.79. The van der Waals surface area contributed by atoms with Crippen molar-refractivity contribution in [3.05, 3.63) is 32.8 Å². The molecule has 2 aliphatic heterocycles. The number of hydrogen-bond donors (Lipinski definition) is 1. The Balaban J connectivity index is 1.91. The van der Waals surface area contributed by atoms with Crippen molar-refractivity contribution in [2.45, 2.75) is 43.8 Å². The monoisotopic (exact) mass is 339 g/mol. The summed E-state index contributed by atoms with van der Waals surface area (Å²) in [5, 5.41) is 14.5. The van der Waals surface area contributed by atoms with Gasteiger partial charge in [-0.05, 0) is 60.8 Å². The fraction of sp³-hybridized carbons (Fsp3) is 0.571. The van der Waals surface area contributed by atoms with E-state index in [0.29, 0.717) is 22.6 Å². The summed E-state index contributed by atoms with van der Waals surface area (Å²) < 4.78 is 0.545. The quantitative estimate of drug-likeness (QED) is 0.679. The largest absolute Gasteiger partial charge is 0.365 e. The summed E-state index contributed by atoms with van der Waals surface area (Å²) in [5.41, 5.74) is 1.14. The highest BCUT2D eigenvalue weighted by Crippen LogP contribution is 2.41. The number of nitrogens with one attached hydrogen (secondary N) is 1. The van der Waals surface area contributed by atoms with Crippen LogP contribution in [0.2, 0.25) is 0 Å². The molecular weight excluding hydrogens is 322 g/mol. The lowest BCUT2D eigenvalue weighted by Crippen LogP contribution is -2.48. The number of rotatable bonds is 3. The molecule has 2 fully saturated rings. The number of benzene rings is 1. The minimum absolute atomic E-state index is 0.151. The van der Waals surface area contributed by atoms with Crippen LogP contribution in [0.25, 0.3) is 0 Å². The zero-order chi connectivity index (χ0) is 14.3. The van der Waals surface area contributed by atoms with E-state index >= 15 is 0 Å². The average molecular weight is 340 g/mol. The lowest BCUT2D eigenvalue weighted by Gasteiger charge is -2.40. The van der Waals surface area contributed by atoms with E-state index in [1.165, 1.54) is 12.8 Å². The fourth-order valence-corrected chi connectivity index (χ4v) is 4.03. The van der Waals surface area contributed by atoms with Gasteiger partial charge < -0.3 is 10.2 Å². The number of nitrogens with zero attached hydrogens (tertiary/aromatic N) is 2. The summed E-state index contributed by atoms with van der Waals surface area (Å²) in [7, 11) is 2.02. The van der Waals surface area contributed by atoms with Crippen molar-refractivity contribution >= 4 is 27.3 Å². The molecule has 2 unspecified atom stereocenters. The Morgan fingerprint density at radius 3 is 2.55 bits per heavy atom. The van der Waals surface area contributed by atoms with Gasteiger partial charge in [-0.3, -0.25) is 10.1 Å². The van der Waals surface area contributed by atoms with Gasteiger partial charge in [0.1, 0.15) is 0 Å². The van der Waals surface area contributed by atoms with E-state index in [0.717, 1.165) is 18.5 Å². The van der Waals surface area contributed by atoms with Crippen LogP contribution in [0.4, 0.5) is 11.4 Å². The molecule has 2 heterocycles. The number of anilines is 1. The van der Waals surface area contributed by atoms with Crippen LogP contribution in [-0.2, 0) is 0 Å². The molecule has 1 aromatic carbocycles. The first-order valence-electron chi connectivity index (χ1n) is 6.99. The number of nitro benzene ring substituents is 1. The molecule has 1 aromatic rings. The zero-order valence-electron chi connectivity index (χ0n) is 11.4. The molecule has 0 radical (unpaired) electrons. The minimum atomic E-state index is -0.324. The molecule has 6 heteroatoms. The molecule has 2 saturated heterocycles. The third kappa shape index (κ3) is 2.31. The maximum atomic E-state index is 11.1. The minimum Gasteiger partial charge on any atom is -0.365 e. The van der Waals surface area contributed by atoms with Crippen LogP contribution < -0.4 is 10.2 Å². The van der Waals surface area contributed by atoms with Gasteiger partial charge in [-0.15, -0.1) is 0 Å². The first kappa shape index (κ1) is 13.8. The summed E-state index contributed by atoms with van der Waals surface area (Å²) in [6, 6.07) is 7.07. The summed E-state index contributed by atoms with van der Waals surface area (Å²) in [6.07, 6.45) is 4.62. The lowest BCUT2D eigenvalue weighted by molar-refractivity contribution is -0.385. The normalized spacial score (nSPS) is 28.7. The Morgan fingerprint density at radius 2 is 2.00 bits per heavy atom. The number of nitro groups is 1. The van der Waals surface area contributed by atoms with E-state index in [1.807, 2.05) is 13.1 Å². The SMILES string of the molecule is CNC1CC2CCC(C1)N2c1ccc(Br)c([N+](=O)[O-])c1. The smallest absolute Gasteiger partial charge is 0.285 e. The van der Waals surface area contributed by atoms with Crippen molar-refractivity contribution in [2.75, 3.05) is 11.9 Å². The molecule has 2 atom stereocenters. The van der Waals surface area contributed by atoms with Crippen LogP contribution in [-0.4, -0.2) is 30.1 Å². The molecule has 1 N–H and O–H groups in total. The van der Waals surface area contributed by atoms with Crippen LogP contribution in [0.1, 0.15) is 25.7 Å². The molecular formula is C14H18BrN3O2. The first-order chi connectivity index (χ1) is 9.60. The summed E-state index contributed by atoms with van der Waals surface area (Å²) >= 11 is 3.25. The molecule has 108 valence electrons. The maximum absolute atomic E-state index is 11.1. The fourth-order valence-electron chi connectivity index (χ4n) is 3.64. The van der Waals surface area contributed by atoms with Crippen LogP contribution in [0, 0.1) is 10.1 Å². The van der Waals surface area contributed by atoms with Gasteiger partial charge in [0.05, 0.1) is 9.40 Å². The van der Waals surface area contributed by atoms with Crippen molar-refractivity contribution in [2.24, 2.45) is 0 Å². The Hall–Kier alpha value is -1.14. The highest BCUT2D eigenvalue weighted by atomic mass is 79.9. The third-order valence-electron chi connectivity index (χ3n) is 4.57. The van der Waals surface area contributed by atoms with Gasteiger partial charge in [-0.2, -0.15) is 0 Å². The van der Waals surface area contributed by atoms with Gasteiger partial charge >= 0.3 is 0 Å². The van der Waals surface area contributed by atoms with Crippen LogP contribution in [0.15, 0.2) is 22.7 Å². The number of hydrogen-bond acceptors (Lipinski definition) is 4. The van der Waals surface area contributed by atoms with E-state index in [1.54, 1.807) is 12.1 Å². The second-order valence-corrected chi connectivity index (χ2v) is 6.50. The summed E-state index contributed by atoms with van der Waals surface area (Å²) in [4.78, 5) is 13.2. The van der Waals surface area contributed by atoms with E-state index in [2.05, 4.69) is 26.1 Å². The average Bonchev–Trinajstić information content (AvgIpc) is 2.69. The Kier molecular flexibility index (Phi) is 3.69. The van der Waals surface area contributed by atoms with Gasteiger partial charge in [-0.25, -0.2) is 0 Å². The Morgan fingerprint density at radius 1 is 1.35 bits per heavy atom. The third-order valence-corrected chi connectivity index (χ3v) is 5.24. The second kappa shape index (κ2) is 5.33. The molecule has 2 aliphatic rings. The Labute approximate surface area is 126 Å². The van der Waals surface area contributed by atoms with Crippen molar-refractivity contribution in [3.8, 4) is 0 Å². The van der Waals surface area contributed by atoms with E-state index in [4.69, 9.17) is 0 Å². The topological polar surface area (TPSA) is 58.4 Å². The Bertz CT molecular complexity index is 523. The number of fused-ring (bicyclic) bond motifs is 2. The molecule has 3 rings (SSSR count). The van der Waals surface area contributed by atoms with E-state index in [9.17, 15) is 10.1 Å². The molecule has 0 amide bonds. The molecule has 0 aliphatic carbocycles. The second-order valence-electron chi connectivity index (χ2n) is 5.64. The van der Waals surface area contributed by atoms with E-state index in [-0.39, 0.29) is 10.6 Å². The van der Waals surface area contributed by atoms with Gasteiger partial charge in [0.15, 0.2) is 0 Å². The predicted molar refractivity (Wildman–Crippen MR) is 82.2 cm³/mol. The van der Waals surface area contributed by atoms with Crippen molar-refractivity contribution in [1.82, 2.24) is 5.32 Å². The summed E-state index contributed by atoms with van der Waals surface area (Å²) in [6.45, 7) is 0. The van der Waals surface area contributed by atoms with Crippen LogP contribution in [0.5, 0.6) is 0 Å². The standard InChI is InChI=1S/C14H18BrN3O2/c1-16-9-6-10-2-3-11(7-9)17(10)12-4-5-13(15)14(8-12)18(19)20/h4-5,8-11,16H,2-3,6-7H2,1H3. The highest BCUT2D eigenvalue weighted by Gasteiger charge is 2.40. The van der Waals surface area contributed by atoms with Crippen LogP contribution >= 0.6 is 15.9 Å². The summed E-state index contributed by atoms with van der Waals surface area (Å²) in [5.74, 6) is 0. The number of piperidine rings is 1. The zero-order valence-corrected chi connectivity index (χ0v) is 13.0. The van der Waals surface area contributed by atoms with Gasteiger partial charge in [0, 0.05) is 29.9 Å². The molecule has 0 spiro atoms.